The van der Waals surface area contributed by atoms with Crippen LogP contribution in [0.5, 0.6) is 0 Å². The highest BCUT2D eigenvalue weighted by Gasteiger charge is 2.00. The average molecular weight is 167 g/mol. The third-order valence-corrected chi connectivity index (χ3v) is 0.888. The lowest BCUT2D eigenvalue weighted by Crippen LogP contribution is -2.24. The summed E-state index contributed by atoms with van der Waals surface area (Å²) in [5, 5.41) is 10.2. The van der Waals surface area contributed by atoms with Crippen molar-refractivity contribution in [3.63, 3.8) is 0 Å². The molecule has 0 aliphatic carbocycles. The van der Waals surface area contributed by atoms with Crippen LogP contribution in [0.3, 0.4) is 0 Å². The Labute approximate surface area is 57.8 Å². The Morgan fingerprint density at radius 3 is 2.80 bits per heavy atom. The summed E-state index contributed by atoms with van der Waals surface area (Å²) in [5.74, 6) is -1.07. The van der Waals surface area contributed by atoms with Crippen molar-refractivity contribution >= 4 is 14.2 Å². The Balaban J connectivity index is 3.06. The zero-order valence-corrected chi connectivity index (χ0v) is 5.84. The van der Waals surface area contributed by atoms with Gasteiger partial charge >= 0.3 is 14.2 Å². The molecule has 0 spiro atoms. The Hall–Kier alpha value is -0.550. The lowest BCUT2D eigenvalue weighted by atomic mass is 10.7. The van der Waals surface area contributed by atoms with Gasteiger partial charge in [0.15, 0.2) is 6.73 Å². The molecule has 1 unspecified atom stereocenters. The summed E-state index contributed by atoms with van der Waals surface area (Å²) in [6.45, 7) is -0.617. The van der Waals surface area contributed by atoms with Gasteiger partial charge in [-0.3, -0.25) is 10.1 Å². The fourth-order valence-electron chi connectivity index (χ4n) is 0.256. The highest BCUT2D eigenvalue weighted by atomic mass is 31.1. The molecule has 0 aromatic heterocycles. The van der Waals surface area contributed by atoms with Crippen molar-refractivity contribution in [2.45, 2.75) is 0 Å². The highest BCUT2D eigenvalue weighted by Crippen LogP contribution is 2.05. The van der Waals surface area contributed by atoms with Crippen LogP contribution in [0, 0.1) is 0 Å². The lowest BCUT2D eigenvalue weighted by Gasteiger charge is -1.93. The summed E-state index contributed by atoms with van der Waals surface area (Å²) in [4.78, 5) is 19.4. The number of carboxylic acid groups (broad SMARTS) is 1. The van der Waals surface area contributed by atoms with Gasteiger partial charge in [0.1, 0.15) is 0 Å². The van der Waals surface area contributed by atoms with Gasteiger partial charge in [0.25, 0.3) is 0 Å². The molecule has 0 amide bonds. The standard InChI is InChI=1S/C3H6NO5P/c5-3(6)1-4-2-9-10(7)8/h4H,1-2H2,(H,5,6). The molecule has 7 heteroatoms. The first-order chi connectivity index (χ1) is 4.63. The molecule has 0 fully saturated rings. The summed E-state index contributed by atoms with van der Waals surface area (Å²) in [5.41, 5.74) is 0. The van der Waals surface area contributed by atoms with Gasteiger partial charge in [-0.15, -0.1) is 4.52 Å². The van der Waals surface area contributed by atoms with Crippen LogP contribution in [0.1, 0.15) is 0 Å². The van der Waals surface area contributed by atoms with Gasteiger partial charge in [-0.05, 0) is 4.57 Å². The van der Waals surface area contributed by atoms with E-state index in [9.17, 15) is 14.3 Å². The van der Waals surface area contributed by atoms with Crippen LogP contribution in [0.2, 0.25) is 0 Å². The van der Waals surface area contributed by atoms with Crippen LogP contribution < -0.4 is 10.2 Å². The van der Waals surface area contributed by atoms with E-state index in [0.717, 1.165) is 0 Å². The van der Waals surface area contributed by atoms with E-state index in [0.29, 0.717) is 0 Å². The molecule has 0 aliphatic rings. The third kappa shape index (κ3) is 7.45. The Morgan fingerprint density at radius 1 is 1.80 bits per heavy atom. The van der Waals surface area contributed by atoms with Crippen molar-refractivity contribution in [2.75, 3.05) is 13.3 Å². The largest absolute Gasteiger partial charge is 0.566 e. The van der Waals surface area contributed by atoms with Gasteiger partial charge in [0.2, 0.25) is 0 Å². The zero-order valence-electron chi connectivity index (χ0n) is 4.94. The fourth-order valence-corrected chi connectivity index (χ4v) is 0.453. The molecular formula is C3H6NO5P. The molecule has 0 aromatic rings. The third-order valence-electron chi connectivity index (χ3n) is 0.548. The lowest BCUT2D eigenvalue weighted by molar-refractivity contribution is -0.186. The molecular weight excluding hydrogens is 161 g/mol. The second-order valence-electron chi connectivity index (χ2n) is 1.32. The molecule has 0 aromatic carbocycles. The summed E-state index contributed by atoms with van der Waals surface area (Å²) < 4.78 is 13.6. The van der Waals surface area contributed by atoms with Gasteiger partial charge in [-0.1, -0.05) is 0 Å². The van der Waals surface area contributed by atoms with E-state index in [2.05, 4.69) is 9.84 Å². The number of aliphatic carboxylic acids is 1. The normalized spacial score (nSPS) is 11.1. The number of hydrogen-bond donors (Lipinski definition) is 2. The molecule has 6 nitrogen and oxygen atoms in total. The van der Waals surface area contributed by atoms with Crippen molar-refractivity contribution in [1.29, 1.82) is 0 Å². The first kappa shape index (κ1) is 9.45. The second-order valence-corrected chi connectivity index (χ2v) is 2.02. The number of carbonyl (C=O) groups is 1. The molecule has 0 heterocycles. The first-order valence-electron chi connectivity index (χ1n) is 2.32. The van der Waals surface area contributed by atoms with Gasteiger partial charge in [-0.2, -0.15) is 0 Å². The molecule has 1 atom stereocenters. The van der Waals surface area contributed by atoms with Crippen LogP contribution in [-0.4, -0.2) is 24.4 Å². The van der Waals surface area contributed by atoms with Crippen LogP contribution in [0.25, 0.3) is 0 Å². The van der Waals surface area contributed by atoms with Crippen molar-refractivity contribution in [2.24, 2.45) is 0 Å². The van der Waals surface area contributed by atoms with Crippen LogP contribution in [0.4, 0.5) is 0 Å². The topological polar surface area (TPSA) is 98.7 Å². The van der Waals surface area contributed by atoms with E-state index < -0.39 is 14.2 Å². The van der Waals surface area contributed by atoms with E-state index in [1.165, 1.54) is 0 Å². The zero-order chi connectivity index (χ0) is 7.98. The number of rotatable bonds is 5. The molecule has 0 bridgehead atoms. The van der Waals surface area contributed by atoms with Crippen LogP contribution in [0.15, 0.2) is 0 Å². The summed E-state index contributed by atoms with van der Waals surface area (Å²) in [6.07, 6.45) is 0. The Morgan fingerprint density at radius 2 is 2.40 bits per heavy atom. The fraction of sp³-hybridized carbons (Fsp3) is 0.667. The predicted octanol–water partition coefficient (Wildman–Crippen LogP) is -1.35. The van der Waals surface area contributed by atoms with E-state index in [4.69, 9.17) is 5.11 Å². The highest BCUT2D eigenvalue weighted by molar-refractivity contribution is 7.30. The first-order valence-corrected chi connectivity index (χ1v) is 3.42. The molecule has 2 N–H and O–H groups in total. The molecule has 0 rings (SSSR count). The SMILES string of the molecule is O=C(O)CNCO[P+](=O)[O-]. The maximum atomic E-state index is 9.77. The quantitative estimate of drug-likeness (QED) is 0.298. The van der Waals surface area contributed by atoms with Crippen molar-refractivity contribution in [3.05, 3.63) is 0 Å². The Bertz CT molecular complexity index is 121. The van der Waals surface area contributed by atoms with Crippen molar-refractivity contribution in [3.8, 4) is 0 Å². The van der Waals surface area contributed by atoms with Crippen LogP contribution >= 0.6 is 8.25 Å². The van der Waals surface area contributed by atoms with Crippen molar-refractivity contribution in [1.82, 2.24) is 5.32 Å². The van der Waals surface area contributed by atoms with E-state index in [1.54, 1.807) is 0 Å². The van der Waals surface area contributed by atoms with E-state index in [1.807, 2.05) is 0 Å². The molecule has 0 aliphatic heterocycles. The number of carboxylic acids is 1. The van der Waals surface area contributed by atoms with Crippen LogP contribution in [-0.2, 0) is 13.9 Å². The molecule has 0 radical (unpaired) electrons. The minimum absolute atomic E-state index is 0.301. The summed E-state index contributed by atoms with van der Waals surface area (Å²) in [7, 11) is -2.89. The van der Waals surface area contributed by atoms with Gasteiger partial charge < -0.3 is 10.00 Å². The molecule has 0 saturated carbocycles. The van der Waals surface area contributed by atoms with E-state index in [-0.39, 0.29) is 13.3 Å². The molecule has 0 saturated heterocycles. The second kappa shape index (κ2) is 5.25. The minimum atomic E-state index is -2.89. The van der Waals surface area contributed by atoms with Gasteiger partial charge in [0.05, 0.1) is 6.54 Å². The number of nitrogens with one attached hydrogen (secondary N) is 1. The smallest absolute Gasteiger partial charge is 0.489 e. The average Bonchev–Trinajstić information content (AvgIpc) is 1.79. The Kier molecular flexibility index (Phi) is 4.96. The van der Waals surface area contributed by atoms with Gasteiger partial charge in [0, 0.05) is 0 Å². The summed E-state index contributed by atoms with van der Waals surface area (Å²) >= 11 is 0. The van der Waals surface area contributed by atoms with Crippen molar-refractivity contribution < 1.29 is 23.9 Å². The minimum Gasteiger partial charge on any atom is -0.566 e. The summed E-state index contributed by atoms with van der Waals surface area (Å²) in [6, 6.07) is 0. The van der Waals surface area contributed by atoms with Gasteiger partial charge in [-0.25, -0.2) is 0 Å². The monoisotopic (exact) mass is 167 g/mol. The number of hydrogen-bond acceptors (Lipinski definition) is 5. The van der Waals surface area contributed by atoms with E-state index >= 15 is 0 Å². The molecule has 10 heavy (non-hydrogen) atoms. The molecule has 58 valence electrons. The maximum Gasteiger partial charge on any atom is 0.489 e. The maximum absolute atomic E-state index is 9.77. The predicted molar refractivity (Wildman–Crippen MR) is 29.2 cm³/mol.